The number of aryl methyl sites for hydroxylation is 1. The molecule has 4 nitrogen and oxygen atoms in total. The van der Waals surface area contributed by atoms with E-state index in [-0.39, 0.29) is 6.09 Å². The Hall–Kier alpha value is -1.71. The predicted octanol–water partition coefficient (Wildman–Crippen LogP) is 4.58. The standard InChI is InChI=1S/C18H28N2O2/c1-6-13(2)19-15-10-9-14-8-7-11-20(16(14)12-15)17(21)22-18(3,4)5/h9-10,12-13,19H,6-8,11H2,1-5H3. The molecular formula is C18H28N2O2. The highest BCUT2D eigenvalue weighted by atomic mass is 16.6. The molecule has 0 saturated carbocycles. The Bertz CT molecular complexity index is 534. The number of nitrogens with zero attached hydrogens (tertiary/aromatic N) is 1. The number of fused-ring (bicyclic) bond motifs is 1. The minimum Gasteiger partial charge on any atom is -0.443 e. The van der Waals surface area contributed by atoms with Crippen LogP contribution >= 0.6 is 0 Å². The van der Waals surface area contributed by atoms with Gasteiger partial charge in [0.05, 0.1) is 5.69 Å². The Morgan fingerprint density at radius 1 is 1.41 bits per heavy atom. The van der Waals surface area contributed by atoms with Crippen molar-refractivity contribution in [2.45, 2.75) is 65.5 Å². The van der Waals surface area contributed by atoms with Crippen LogP contribution in [0.15, 0.2) is 18.2 Å². The summed E-state index contributed by atoms with van der Waals surface area (Å²) in [5, 5.41) is 3.47. The van der Waals surface area contributed by atoms with E-state index >= 15 is 0 Å². The lowest BCUT2D eigenvalue weighted by Gasteiger charge is -2.32. The summed E-state index contributed by atoms with van der Waals surface area (Å²) in [7, 11) is 0. The number of rotatable bonds is 3. The number of benzene rings is 1. The SMILES string of the molecule is CCC(C)Nc1ccc2c(c1)N(C(=O)OC(C)(C)C)CCC2. The molecule has 1 amide bonds. The molecule has 1 aliphatic rings. The van der Waals surface area contributed by atoms with Crippen molar-refractivity contribution < 1.29 is 9.53 Å². The zero-order valence-electron chi connectivity index (χ0n) is 14.4. The van der Waals surface area contributed by atoms with Crippen molar-refractivity contribution in [3.8, 4) is 0 Å². The van der Waals surface area contributed by atoms with E-state index in [1.807, 2.05) is 20.8 Å². The van der Waals surface area contributed by atoms with Gasteiger partial charge in [0.1, 0.15) is 5.60 Å². The number of nitrogens with one attached hydrogen (secondary N) is 1. The topological polar surface area (TPSA) is 41.6 Å². The average molecular weight is 304 g/mol. The van der Waals surface area contributed by atoms with Gasteiger partial charge in [-0.1, -0.05) is 13.0 Å². The van der Waals surface area contributed by atoms with Gasteiger partial charge in [-0.25, -0.2) is 4.79 Å². The maximum Gasteiger partial charge on any atom is 0.414 e. The molecule has 1 aliphatic heterocycles. The number of anilines is 2. The van der Waals surface area contributed by atoms with Crippen LogP contribution in [0.3, 0.4) is 0 Å². The van der Waals surface area contributed by atoms with Gasteiger partial charge in [-0.05, 0) is 64.7 Å². The molecule has 22 heavy (non-hydrogen) atoms. The number of ether oxygens (including phenoxy) is 1. The summed E-state index contributed by atoms with van der Waals surface area (Å²) in [6, 6.07) is 6.71. The fourth-order valence-electron chi connectivity index (χ4n) is 2.56. The molecule has 1 atom stereocenters. The third-order valence-corrected chi connectivity index (χ3v) is 3.84. The van der Waals surface area contributed by atoms with Gasteiger partial charge >= 0.3 is 6.09 Å². The van der Waals surface area contributed by atoms with E-state index < -0.39 is 5.60 Å². The first-order chi connectivity index (χ1) is 10.3. The number of amides is 1. The quantitative estimate of drug-likeness (QED) is 0.888. The summed E-state index contributed by atoms with van der Waals surface area (Å²) < 4.78 is 5.54. The van der Waals surface area contributed by atoms with Crippen LogP contribution in [0.4, 0.5) is 16.2 Å². The van der Waals surface area contributed by atoms with E-state index in [0.29, 0.717) is 12.6 Å². The predicted molar refractivity (Wildman–Crippen MR) is 91.7 cm³/mol. The Balaban J connectivity index is 2.24. The molecule has 1 heterocycles. The first-order valence-electron chi connectivity index (χ1n) is 8.20. The van der Waals surface area contributed by atoms with Gasteiger partial charge in [0.25, 0.3) is 0 Å². The maximum absolute atomic E-state index is 12.4. The second-order valence-corrected chi connectivity index (χ2v) is 7.03. The number of hydrogen-bond acceptors (Lipinski definition) is 3. The molecule has 0 fully saturated rings. The molecule has 4 heteroatoms. The normalized spacial score (nSPS) is 16.0. The largest absolute Gasteiger partial charge is 0.443 e. The summed E-state index contributed by atoms with van der Waals surface area (Å²) >= 11 is 0. The van der Waals surface area contributed by atoms with Crippen LogP contribution in [0.5, 0.6) is 0 Å². The van der Waals surface area contributed by atoms with Crippen molar-refractivity contribution in [1.29, 1.82) is 0 Å². The zero-order chi connectivity index (χ0) is 16.3. The van der Waals surface area contributed by atoms with E-state index in [0.717, 1.165) is 30.6 Å². The monoisotopic (exact) mass is 304 g/mol. The number of hydrogen-bond donors (Lipinski definition) is 1. The third-order valence-electron chi connectivity index (χ3n) is 3.84. The first-order valence-corrected chi connectivity index (χ1v) is 8.20. The second-order valence-electron chi connectivity index (χ2n) is 7.03. The van der Waals surface area contributed by atoms with Crippen molar-refractivity contribution in [2.75, 3.05) is 16.8 Å². The molecule has 1 aromatic carbocycles. The van der Waals surface area contributed by atoms with Crippen LogP contribution in [0.1, 0.15) is 53.0 Å². The summed E-state index contributed by atoms with van der Waals surface area (Å²) in [6.07, 6.45) is 2.80. The molecule has 0 spiro atoms. The van der Waals surface area contributed by atoms with E-state index in [9.17, 15) is 4.79 Å². The van der Waals surface area contributed by atoms with Gasteiger partial charge in [-0.3, -0.25) is 4.90 Å². The van der Waals surface area contributed by atoms with E-state index in [1.54, 1.807) is 4.90 Å². The molecule has 122 valence electrons. The fourth-order valence-corrected chi connectivity index (χ4v) is 2.56. The molecule has 2 rings (SSSR count). The molecule has 0 bridgehead atoms. The molecule has 1 unspecified atom stereocenters. The van der Waals surface area contributed by atoms with Crippen LogP contribution < -0.4 is 10.2 Å². The van der Waals surface area contributed by atoms with Crippen LogP contribution in [0.2, 0.25) is 0 Å². The maximum atomic E-state index is 12.4. The lowest BCUT2D eigenvalue weighted by Crippen LogP contribution is -2.39. The minimum atomic E-state index is -0.471. The van der Waals surface area contributed by atoms with Gasteiger partial charge in [0.15, 0.2) is 0 Å². The summed E-state index contributed by atoms with van der Waals surface area (Å²) in [5.41, 5.74) is 2.78. The molecular weight excluding hydrogens is 276 g/mol. The molecule has 0 aromatic heterocycles. The van der Waals surface area contributed by atoms with Crippen molar-refractivity contribution in [3.63, 3.8) is 0 Å². The summed E-state index contributed by atoms with van der Waals surface area (Å²) in [4.78, 5) is 14.2. The van der Waals surface area contributed by atoms with Gasteiger partial charge in [-0.2, -0.15) is 0 Å². The fraction of sp³-hybridized carbons (Fsp3) is 0.611. The molecule has 1 aromatic rings. The Morgan fingerprint density at radius 3 is 2.77 bits per heavy atom. The first kappa shape index (κ1) is 16.7. The van der Waals surface area contributed by atoms with Gasteiger partial charge in [0, 0.05) is 18.3 Å². The van der Waals surface area contributed by atoms with Crippen molar-refractivity contribution in [2.24, 2.45) is 0 Å². The van der Waals surface area contributed by atoms with Crippen LogP contribution in [-0.2, 0) is 11.2 Å². The van der Waals surface area contributed by atoms with Gasteiger partial charge < -0.3 is 10.1 Å². The third kappa shape index (κ3) is 4.15. The van der Waals surface area contributed by atoms with E-state index in [2.05, 4.69) is 37.4 Å². The Morgan fingerprint density at radius 2 is 2.14 bits per heavy atom. The summed E-state index contributed by atoms with van der Waals surface area (Å²) in [6.45, 7) is 10.7. The van der Waals surface area contributed by atoms with Crippen molar-refractivity contribution in [1.82, 2.24) is 0 Å². The van der Waals surface area contributed by atoms with Crippen LogP contribution in [-0.4, -0.2) is 24.3 Å². The minimum absolute atomic E-state index is 0.255. The summed E-state index contributed by atoms with van der Waals surface area (Å²) in [5.74, 6) is 0. The Kier molecular flexibility index (Phi) is 4.99. The van der Waals surface area contributed by atoms with Crippen LogP contribution in [0.25, 0.3) is 0 Å². The highest BCUT2D eigenvalue weighted by molar-refractivity contribution is 5.90. The smallest absolute Gasteiger partial charge is 0.414 e. The Labute approximate surface area is 133 Å². The second kappa shape index (κ2) is 6.59. The van der Waals surface area contributed by atoms with Crippen molar-refractivity contribution >= 4 is 17.5 Å². The molecule has 0 aliphatic carbocycles. The van der Waals surface area contributed by atoms with E-state index in [4.69, 9.17) is 4.74 Å². The van der Waals surface area contributed by atoms with E-state index in [1.165, 1.54) is 5.56 Å². The lowest BCUT2D eigenvalue weighted by atomic mass is 10.0. The average Bonchev–Trinajstić information content (AvgIpc) is 2.44. The zero-order valence-corrected chi connectivity index (χ0v) is 14.4. The number of carbonyl (C=O) groups excluding carboxylic acids is 1. The number of carbonyl (C=O) groups is 1. The molecule has 0 saturated heterocycles. The van der Waals surface area contributed by atoms with Gasteiger partial charge in [0.2, 0.25) is 0 Å². The lowest BCUT2D eigenvalue weighted by molar-refractivity contribution is 0.0578. The molecule has 0 radical (unpaired) electrons. The van der Waals surface area contributed by atoms with Crippen LogP contribution in [0, 0.1) is 0 Å². The van der Waals surface area contributed by atoms with Gasteiger partial charge in [-0.15, -0.1) is 0 Å². The van der Waals surface area contributed by atoms with Crippen molar-refractivity contribution in [3.05, 3.63) is 23.8 Å². The highest BCUT2D eigenvalue weighted by Gasteiger charge is 2.27. The highest BCUT2D eigenvalue weighted by Crippen LogP contribution is 2.31. The molecule has 1 N–H and O–H groups in total.